The molecule has 0 bridgehead atoms. The normalized spacial score (nSPS) is 13.5. The van der Waals surface area contributed by atoms with Crippen molar-refractivity contribution in [1.29, 1.82) is 0 Å². The largest absolute Gasteiger partial charge is 0.610 e. The zero-order chi connectivity index (χ0) is 13.1. The Morgan fingerprint density at radius 1 is 1.47 bits per heavy atom. The lowest BCUT2D eigenvalue weighted by atomic mass is 10.4. The van der Waals surface area contributed by atoms with Gasteiger partial charge in [0.2, 0.25) is 0 Å². The number of hydrogen-bond donors (Lipinski definition) is 0. The third-order valence-electron chi connectivity index (χ3n) is 1.80. The van der Waals surface area contributed by atoms with Crippen LogP contribution in [0, 0.1) is 0 Å². The van der Waals surface area contributed by atoms with Gasteiger partial charge in [-0.15, -0.1) is 0 Å². The molecule has 0 aliphatic heterocycles. The maximum Gasteiger partial charge on any atom is 0.302 e. The van der Waals surface area contributed by atoms with E-state index in [1.54, 1.807) is 0 Å². The summed E-state index contributed by atoms with van der Waals surface area (Å²) in [5.41, 5.74) is 0. The summed E-state index contributed by atoms with van der Waals surface area (Å²) in [5, 5.41) is -0.773. The van der Waals surface area contributed by atoms with E-state index in [1.807, 2.05) is 6.92 Å². The van der Waals surface area contributed by atoms with Crippen molar-refractivity contribution in [2.75, 3.05) is 25.6 Å². The summed E-state index contributed by atoms with van der Waals surface area (Å²) in [6.07, 6.45) is 2.97. The maximum absolute atomic E-state index is 13.1. The van der Waals surface area contributed by atoms with Gasteiger partial charge in [-0.05, 0) is 6.42 Å². The minimum absolute atomic E-state index is 0.117. The second-order valence-electron chi connectivity index (χ2n) is 3.33. The summed E-state index contributed by atoms with van der Waals surface area (Å²) in [4.78, 5) is 10.4. The predicted octanol–water partition coefficient (Wildman–Crippen LogP) is 1.93. The van der Waals surface area contributed by atoms with Crippen molar-refractivity contribution in [1.82, 2.24) is 0 Å². The molecule has 4 nitrogen and oxygen atoms in total. The summed E-state index contributed by atoms with van der Waals surface area (Å²) in [5.74, 6) is -0.380. The number of halogens is 1. The monoisotopic (exact) mass is 266 g/mol. The Labute approximate surface area is 104 Å². The number of ether oxygens (including phenoxy) is 2. The fraction of sp³-hybridized carbons (Fsp3) is 0.727. The van der Waals surface area contributed by atoms with Gasteiger partial charge >= 0.3 is 5.97 Å². The third kappa shape index (κ3) is 10.3. The van der Waals surface area contributed by atoms with E-state index in [4.69, 9.17) is 4.74 Å². The number of rotatable bonds is 9. The van der Waals surface area contributed by atoms with E-state index in [1.165, 1.54) is 6.92 Å². The van der Waals surface area contributed by atoms with Crippen molar-refractivity contribution in [2.24, 2.45) is 0 Å². The predicted molar refractivity (Wildman–Crippen MR) is 64.6 cm³/mol. The van der Waals surface area contributed by atoms with Crippen molar-refractivity contribution < 1.29 is 23.2 Å². The zero-order valence-electron chi connectivity index (χ0n) is 10.2. The van der Waals surface area contributed by atoms with Crippen molar-refractivity contribution in [3.8, 4) is 0 Å². The lowest BCUT2D eigenvalue weighted by Gasteiger charge is -2.08. The Kier molecular flexibility index (Phi) is 10.2. The first-order valence-electron chi connectivity index (χ1n) is 5.53. The van der Waals surface area contributed by atoms with Crippen LogP contribution in [0.4, 0.5) is 4.39 Å². The highest BCUT2D eigenvalue weighted by Gasteiger charge is 2.13. The average Bonchev–Trinajstić information content (AvgIpc) is 2.27. The Hall–Kier alpha value is -0.590. The quantitative estimate of drug-likeness (QED) is 0.363. The van der Waals surface area contributed by atoms with Crippen molar-refractivity contribution in [2.45, 2.75) is 26.7 Å². The van der Waals surface area contributed by atoms with E-state index in [9.17, 15) is 13.7 Å². The van der Waals surface area contributed by atoms with Crippen LogP contribution in [-0.2, 0) is 25.4 Å². The molecular weight excluding hydrogens is 247 g/mol. The molecule has 0 rings (SSSR count). The molecule has 0 aromatic heterocycles. The molecule has 0 N–H and O–H groups in total. The maximum atomic E-state index is 13.1. The van der Waals surface area contributed by atoms with Crippen LogP contribution in [-0.4, -0.2) is 36.1 Å². The Morgan fingerprint density at radius 2 is 2.18 bits per heavy atom. The van der Waals surface area contributed by atoms with Crippen molar-refractivity contribution in [3.63, 3.8) is 0 Å². The van der Waals surface area contributed by atoms with Crippen LogP contribution in [0.3, 0.4) is 0 Å². The van der Waals surface area contributed by atoms with Crippen LogP contribution in [0.1, 0.15) is 26.7 Å². The molecule has 17 heavy (non-hydrogen) atoms. The first-order chi connectivity index (χ1) is 8.07. The molecule has 0 aliphatic carbocycles. The summed E-state index contributed by atoms with van der Waals surface area (Å²) in [6.45, 7) is 3.95. The van der Waals surface area contributed by atoms with Crippen molar-refractivity contribution >= 4 is 17.1 Å². The van der Waals surface area contributed by atoms with Gasteiger partial charge in [-0.3, -0.25) is 4.79 Å². The second kappa shape index (κ2) is 10.6. The number of esters is 1. The van der Waals surface area contributed by atoms with Crippen LogP contribution in [0.2, 0.25) is 0 Å². The molecule has 0 radical (unpaired) electrons. The first kappa shape index (κ1) is 16.4. The first-order valence-corrected chi connectivity index (χ1v) is 6.85. The van der Waals surface area contributed by atoms with E-state index in [2.05, 4.69) is 4.74 Å². The molecule has 6 heteroatoms. The molecule has 0 saturated carbocycles. The van der Waals surface area contributed by atoms with Gasteiger partial charge in [0, 0.05) is 30.8 Å². The highest BCUT2D eigenvalue weighted by Crippen LogP contribution is 2.09. The van der Waals surface area contributed by atoms with Gasteiger partial charge in [0.05, 0.1) is 6.61 Å². The smallest absolute Gasteiger partial charge is 0.302 e. The fourth-order valence-corrected chi connectivity index (χ4v) is 1.62. The molecule has 1 atom stereocenters. The van der Waals surface area contributed by atoms with E-state index in [0.29, 0.717) is 6.61 Å². The van der Waals surface area contributed by atoms with Gasteiger partial charge < -0.3 is 14.0 Å². The summed E-state index contributed by atoms with van der Waals surface area (Å²) in [7, 11) is 0. The molecule has 0 amide bonds. The number of hydrogen-bond acceptors (Lipinski definition) is 4. The molecule has 0 aliphatic rings. The summed E-state index contributed by atoms with van der Waals surface area (Å²) >= 11 is -1.71. The molecule has 1 unspecified atom stereocenters. The highest BCUT2D eigenvalue weighted by molar-refractivity contribution is 7.95. The lowest BCUT2D eigenvalue weighted by molar-refractivity contribution is -0.139. The standard InChI is InChI=1S/C11H19FO4S/c1-3-4-6-15-8-9-17(14)11(12)5-7-16-10(2)13/h5H,3-4,6-9H2,1-2H3/b11-5+. The second-order valence-corrected chi connectivity index (χ2v) is 4.82. The minimum atomic E-state index is -1.71. The summed E-state index contributed by atoms with van der Waals surface area (Å²) in [6, 6.07) is 0. The molecule has 100 valence electrons. The van der Waals surface area contributed by atoms with Crippen LogP contribution in [0.5, 0.6) is 0 Å². The van der Waals surface area contributed by atoms with Gasteiger partial charge in [-0.1, -0.05) is 13.3 Å². The fourth-order valence-electron chi connectivity index (χ4n) is 0.898. The van der Waals surface area contributed by atoms with Gasteiger partial charge in [0.1, 0.15) is 12.4 Å². The van der Waals surface area contributed by atoms with Crippen LogP contribution in [0.15, 0.2) is 11.2 Å². The Morgan fingerprint density at radius 3 is 2.76 bits per heavy atom. The highest BCUT2D eigenvalue weighted by atomic mass is 32.2. The topological polar surface area (TPSA) is 58.6 Å². The van der Waals surface area contributed by atoms with E-state index < -0.39 is 22.3 Å². The molecule has 0 aromatic rings. The molecule has 0 heterocycles. The van der Waals surface area contributed by atoms with Gasteiger partial charge in [-0.2, -0.15) is 4.39 Å². The van der Waals surface area contributed by atoms with Crippen LogP contribution < -0.4 is 0 Å². The lowest BCUT2D eigenvalue weighted by Crippen LogP contribution is -2.13. The molecule has 0 saturated heterocycles. The molecule has 0 aromatic carbocycles. The van der Waals surface area contributed by atoms with E-state index in [0.717, 1.165) is 18.9 Å². The number of unbranched alkanes of at least 4 members (excludes halogenated alkanes) is 1. The van der Waals surface area contributed by atoms with Gasteiger partial charge in [0.25, 0.3) is 5.16 Å². The summed E-state index contributed by atoms with van der Waals surface area (Å²) < 4.78 is 34.1. The Bertz CT molecular complexity index is 246. The molecular formula is C11H19FO4S. The molecule has 0 fully saturated rings. The van der Waals surface area contributed by atoms with Gasteiger partial charge in [0.15, 0.2) is 0 Å². The van der Waals surface area contributed by atoms with E-state index in [-0.39, 0.29) is 19.0 Å². The molecule has 0 spiro atoms. The van der Waals surface area contributed by atoms with Crippen LogP contribution in [0.25, 0.3) is 0 Å². The van der Waals surface area contributed by atoms with Gasteiger partial charge in [-0.25, -0.2) is 0 Å². The van der Waals surface area contributed by atoms with Crippen molar-refractivity contribution in [3.05, 3.63) is 11.2 Å². The third-order valence-corrected chi connectivity index (χ3v) is 2.94. The zero-order valence-corrected chi connectivity index (χ0v) is 11.1. The van der Waals surface area contributed by atoms with Crippen LogP contribution >= 0.6 is 0 Å². The number of carbonyl (C=O) groups is 1. The number of carbonyl (C=O) groups excluding carboxylic acids is 1. The SMILES string of the molecule is CCCCOCC[S+]([O-])/C(F)=C/COC(C)=O. The van der Waals surface area contributed by atoms with E-state index >= 15 is 0 Å². The average molecular weight is 266 g/mol. The minimum Gasteiger partial charge on any atom is -0.610 e. The Balaban J connectivity index is 3.65.